The summed E-state index contributed by atoms with van der Waals surface area (Å²) in [6.07, 6.45) is 1.30. The molecule has 1 aromatic carbocycles. The number of benzene rings is 1. The van der Waals surface area contributed by atoms with Gasteiger partial charge in [-0.05, 0) is 57.2 Å². The summed E-state index contributed by atoms with van der Waals surface area (Å²) in [5.41, 5.74) is 1.41. The number of rotatable bonds is 9. The zero-order valence-corrected chi connectivity index (χ0v) is 18.1. The Kier molecular flexibility index (Phi) is 6.96. The summed E-state index contributed by atoms with van der Waals surface area (Å²) in [5.74, 6) is 1.95. The first-order valence-corrected chi connectivity index (χ1v) is 9.68. The number of aromatic nitrogens is 2. The van der Waals surface area contributed by atoms with Crippen molar-refractivity contribution in [3.63, 3.8) is 0 Å². The smallest absolute Gasteiger partial charge is 0.374 e. The van der Waals surface area contributed by atoms with E-state index in [1.54, 1.807) is 57.0 Å². The van der Waals surface area contributed by atoms with Gasteiger partial charge in [-0.25, -0.2) is 9.48 Å². The van der Waals surface area contributed by atoms with Crippen molar-refractivity contribution in [1.82, 2.24) is 9.78 Å². The molecule has 0 spiro atoms. The zero-order chi connectivity index (χ0) is 22.4. The Morgan fingerprint density at radius 1 is 1.19 bits per heavy atom. The summed E-state index contributed by atoms with van der Waals surface area (Å²) in [7, 11) is 3.39. The van der Waals surface area contributed by atoms with E-state index in [0.717, 1.165) is 11.4 Å². The molecule has 2 aromatic heterocycles. The molecule has 0 aliphatic heterocycles. The molecule has 0 amide bonds. The molecule has 9 heteroatoms. The standard InChI is InChI=1S/C22H25N3O6/c1-14(2)29-22(26)20-11-10-18(30-20)13-28-23-12-19-15(3)24-25(4)21(19)31-17-8-6-16(27-5)7-9-17/h6-12,14H,13H2,1-5H3. The maximum absolute atomic E-state index is 11.8. The van der Waals surface area contributed by atoms with Gasteiger partial charge in [0.15, 0.2) is 6.61 Å². The fourth-order valence-electron chi connectivity index (χ4n) is 2.71. The van der Waals surface area contributed by atoms with Crippen LogP contribution in [0.15, 0.2) is 46.0 Å². The molecule has 0 aliphatic carbocycles. The highest BCUT2D eigenvalue weighted by molar-refractivity contribution is 5.86. The lowest BCUT2D eigenvalue weighted by Gasteiger charge is -2.07. The fourth-order valence-corrected chi connectivity index (χ4v) is 2.71. The Balaban J connectivity index is 1.63. The SMILES string of the molecule is COc1ccc(Oc2c(C=NOCc3ccc(C(=O)OC(C)C)o3)c(C)nn2C)cc1. The number of furan rings is 1. The highest BCUT2D eigenvalue weighted by Crippen LogP contribution is 2.27. The minimum Gasteiger partial charge on any atom is -0.497 e. The monoisotopic (exact) mass is 427 g/mol. The van der Waals surface area contributed by atoms with Crippen molar-refractivity contribution in [2.45, 2.75) is 33.5 Å². The van der Waals surface area contributed by atoms with Crippen LogP contribution in [0.25, 0.3) is 0 Å². The highest BCUT2D eigenvalue weighted by Gasteiger charge is 2.16. The number of oxime groups is 1. The molecule has 3 aromatic rings. The summed E-state index contributed by atoms with van der Waals surface area (Å²) >= 11 is 0. The van der Waals surface area contributed by atoms with E-state index < -0.39 is 5.97 Å². The lowest BCUT2D eigenvalue weighted by Crippen LogP contribution is -2.10. The van der Waals surface area contributed by atoms with Crippen LogP contribution in [0.1, 0.15) is 41.4 Å². The summed E-state index contributed by atoms with van der Waals surface area (Å²) in [6, 6.07) is 10.4. The summed E-state index contributed by atoms with van der Waals surface area (Å²) in [4.78, 5) is 17.1. The first kappa shape index (κ1) is 21.9. The van der Waals surface area contributed by atoms with Gasteiger partial charge in [-0.2, -0.15) is 5.10 Å². The molecule has 31 heavy (non-hydrogen) atoms. The molecule has 9 nitrogen and oxygen atoms in total. The van der Waals surface area contributed by atoms with Crippen molar-refractivity contribution in [2.24, 2.45) is 12.2 Å². The van der Waals surface area contributed by atoms with Gasteiger partial charge in [0.2, 0.25) is 11.6 Å². The summed E-state index contributed by atoms with van der Waals surface area (Å²) in [5, 5.41) is 8.36. The molecule has 0 saturated carbocycles. The fraction of sp³-hybridized carbons (Fsp3) is 0.318. The van der Waals surface area contributed by atoms with Gasteiger partial charge in [0.25, 0.3) is 0 Å². The largest absolute Gasteiger partial charge is 0.497 e. The number of esters is 1. The van der Waals surface area contributed by atoms with Crippen molar-refractivity contribution in [2.75, 3.05) is 7.11 Å². The minimum atomic E-state index is -0.518. The van der Waals surface area contributed by atoms with Crippen LogP contribution < -0.4 is 9.47 Å². The van der Waals surface area contributed by atoms with Crippen molar-refractivity contribution in [3.8, 4) is 17.4 Å². The first-order valence-electron chi connectivity index (χ1n) is 9.68. The topological polar surface area (TPSA) is 97.3 Å². The summed E-state index contributed by atoms with van der Waals surface area (Å²) in [6.45, 7) is 5.44. The van der Waals surface area contributed by atoms with Gasteiger partial charge in [-0.15, -0.1) is 0 Å². The molecular formula is C22H25N3O6. The van der Waals surface area contributed by atoms with Crippen molar-refractivity contribution in [1.29, 1.82) is 0 Å². The molecule has 0 radical (unpaired) electrons. The third-order valence-corrected chi connectivity index (χ3v) is 4.16. The minimum absolute atomic E-state index is 0.0550. The second-order valence-electron chi connectivity index (χ2n) is 6.93. The highest BCUT2D eigenvalue weighted by atomic mass is 16.6. The van der Waals surface area contributed by atoms with Crippen LogP contribution in [-0.4, -0.2) is 35.2 Å². The van der Waals surface area contributed by atoms with E-state index in [1.165, 1.54) is 6.21 Å². The molecule has 0 N–H and O–H groups in total. The molecular weight excluding hydrogens is 402 g/mol. The van der Waals surface area contributed by atoms with E-state index in [4.69, 9.17) is 23.5 Å². The second kappa shape index (κ2) is 9.84. The molecule has 0 atom stereocenters. The van der Waals surface area contributed by atoms with Crippen LogP contribution in [0, 0.1) is 6.92 Å². The number of methoxy groups -OCH3 is 1. The van der Waals surface area contributed by atoms with Gasteiger partial charge in [0.05, 0.1) is 30.7 Å². The molecule has 2 heterocycles. The molecule has 164 valence electrons. The Morgan fingerprint density at radius 3 is 2.58 bits per heavy atom. The first-order chi connectivity index (χ1) is 14.9. The van der Waals surface area contributed by atoms with Crippen molar-refractivity contribution >= 4 is 12.2 Å². The zero-order valence-electron chi connectivity index (χ0n) is 18.1. The molecule has 0 fully saturated rings. The van der Waals surface area contributed by atoms with Crippen LogP contribution >= 0.6 is 0 Å². The summed E-state index contributed by atoms with van der Waals surface area (Å²) < 4.78 is 23.3. The van der Waals surface area contributed by atoms with E-state index in [2.05, 4.69) is 10.3 Å². The van der Waals surface area contributed by atoms with Gasteiger partial charge in [-0.3, -0.25) is 0 Å². The van der Waals surface area contributed by atoms with Gasteiger partial charge in [0, 0.05) is 7.05 Å². The van der Waals surface area contributed by atoms with Crippen LogP contribution in [0.2, 0.25) is 0 Å². The van der Waals surface area contributed by atoms with Gasteiger partial charge >= 0.3 is 5.97 Å². The number of ether oxygens (including phenoxy) is 3. The molecule has 0 saturated heterocycles. The maximum Gasteiger partial charge on any atom is 0.374 e. The van der Waals surface area contributed by atoms with E-state index in [-0.39, 0.29) is 18.5 Å². The average Bonchev–Trinajstić information content (AvgIpc) is 3.31. The number of nitrogens with zero attached hydrogens (tertiary/aromatic N) is 3. The van der Waals surface area contributed by atoms with Gasteiger partial charge < -0.3 is 23.5 Å². The lowest BCUT2D eigenvalue weighted by molar-refractivity contribution is 0.0333. The molecule has 3 rings (SSSR count). The Bertz CT molecular complexity index is 1050. The molecule has 0 bridgehead atoms. The predicted molar refractivity (Wildman–Crippen MR) is 113 cm³/mol. The third kappa shape index (κ3) is 5.65. The van der Waals surface area contributed by atoms with Gasteiger partial charge in [-0.1, -0.05) is 5.16 Å². The Labute approximate surface area is 180 Å². The third-order valence-electron chi connectivity index (χ3n) is 4.16. The molecule has 0 aliphatic rings. The number of carbonyl (C=O) groups excluding carboxylic acids is 1. The van der Waals surface area contributed by atoms with Crippen LogP contribution in [-0.2, 0) is 23.2 Å². The predicted octanol–water partition coefficient (Wildman–Crippen LogP) is 4.24. The van der Waals surface area contributed by atoms with E-state index in [9.17, 15) is 4.79 Å². The number of aryl methyl sites for hydroxylation is 2. The van der Waals surface area contributed by atoms with Gasteiger partial charge in [0.1, 0.15) is 17.3 Å². The Hall–Kier alpha value is -3.75. The van der Waals surface area contributed by atoms with Crippen molar-refractivity contribution in [3.05, 3.63) is 59.2 Å². The van der Waals surface area contributed by atoms with Crippen LogP contribution in [0.5, 0.6) is 17.4 Å². The van der Waals surface area contributed by atoms with E-state index >= 15 is 0 Å². The number of hydrogen-bond acceptors (Lipinski definition) is 8. The van der Waals surface area contributed by atoms with E-state index in [0.29, 0.717) is 23.0 Å². The van der Waals surface area contributed by atoms with Crippen LogP contribution in [0.4, 0.5) is 0 Å². The second-order valence-corrected chi connectivity index (χ2v) is 6.93. The van der Waals surface area contributed by atoms with Crippen molar-refractivity contribution < 1.29 is 28.3 Å². The van der Waals surface area contributed by atoms with Crippen LogP contribution in [0.3, 0.4) is 0 Å². The quantitative estimate of drug-likeness (QED) is 0.286. The normalized spacial score (nSPS) is 11.2. The number of carbonyl (C=O) groups is 1. The Morgan fingerprint density at radius 2 is 1.90 bits per heavy atom. The number of hydrogen-bond donors (Lipinski definition) is 0. The average molecular weight is 427 g/mol. The molecule has 0 unspecified atom stereocenters. The van der Waals surface area contributed by atoms with E-state index in [1.807, 2.05) is 19.1 Å². The lowest BCUT2D eigenvalue weighted by atomic mass is 10.3. The maximum atomic E-state index is 11.8.